The van der Waals surface area contributed by atoms with E-state index in [9.17, 15) is 14.4 Å². The SMILES string of the molecule is CCCc1nnc(NC(=O)CN2C(=O)CCC2=O)s1. The zero-order valence-corrected chi connectivity index (χ0v) is 11.3. The van der Waals surface area contributed by atoms with Crippen molar-refractivity contribution in [2.75, 3.05) is 11.9 Å². The first-order valence-corrected chi connectivity index (χ1v) is 6.87. The molecule has 1 N–H and O–H groups in total. The minimum Gasteiger partial charge on any atom is -0.299 e. The number of carbonyl (C=O) groups is 3. The molecule has 102 valence electrons. The van der Waals surface area contributed by atoms with Gasteiger partial charge in [0.1, 0.15) is 11.6 Å². The fourth-order valence-electron chi connectivity index (χ4n) is 1.72. The highest BCUT2D eigenvalue weighted by atomic mass is 32.1. The third-order valence-corrected chi connectivity index (χ3v) is 3.53. The van der Waals surface area contributed by atoms with Gasteiger partial charge in [0, 0.05) is 19.3 Å². The molecule has 0 aromatic carbocycles. The first kappa shape index (κ1) is 13.6. The summed E-state index contributed by atoms with van der Waals surface area (Å²) in [6.07, 6.45) is 2.15. The van der Waals surface area contributed by atoms with E-state index in [1.165, 1.54) is 11.3 Å². The minimum absolute atomic E-state index is 0.186. The lowest BCUT2D eigenvalue weighted by atomic mass is 10.4. The predicted octanol–water partition coefficient (Wildman–Crippen LogP) is 0.578. The van der Waals surface area contributed by atoms with Gasteiger partial charge in [-0.1, -0.05) is 18.3 Å². The van der Waals surface area contributed by atoms with Gasteiger partial charge in [-0.15, -0.1) is 10.2 Å². The van der Waals surface area contributed by atoms with Gasteiger partial charge < -0.3 is 0 Å². The lowest BCUT2D eigenvalue weighted by Crippen LogP contribution is -2.36. The molecule has 0 bridgehead atoms. The minimum atomic E-state index is -0.428. The summed E-state index contributed by atoms with van der Waals surface area (Å²) in [6.45, 7) is 1.78. The average Bonchev–Trinajstić information content (AvgIpc) is 2.91. The van der Waals surface area contributed by atoms with Crippen molar-refractivity contribution in [3.05, 3.63) is 5.01 Å². The van der Waals surface area contributed by atoms with E-state index in [-0.39, 0.29) is 31.2 Å². The van der Waals surface area contributed by atoms with Crippen LogP contribution in [0.2, 0.25) is 0 Å². The lowest BCUT2D eigenvalue weighted by Gasteiger charge is -2.11. The third kappa shape index (κ3) is 3.34. The Kier molecular flexibility index (Phi) is 4.20. The fraction of sp³-hybridized carbons (Fsp3) is 0.545. The Labute approximate surface area is 114 Å². The van der Waals surface area contributed by atoms with E-state index in [4.69, 9.17) is 0 Å². The largest absolute Gasteiger partial charge is 0.299 e. The number of rotatable bonds is 5. The summed E-state index contributed by atoms with van der Waals surface area (Å²) >= 11 is 1.30. The Morgan fingerprint density at radius 3 is 2.63 bits per heavy atom. The first-order chi connectivity index (χ1) is 9.10. The third-order valence-electron chi connectivity index (χ3n) is 2.63. The molecule has 1 aromatic rings. The number of anilines is 1. The normalized spacial score (nSPS) is 15.1. The molecule has 0 spiro atoms. The molecule has 0 atom stereocenters. The number of nitrogens with zero attached hydrogens (tertiary/aromatic N) is 3. The smallest absolute Gasteiger partial charge is 0.246 e. The van der Waals surface area contributed by atoms with Crippen LogP contribution >= 0.6 is 11.3 Å². The van der Waals surface area contributed by atoms with Crippen LogP contribution in [-0.4, -0.2) is 39.4 Å². The molecule has 1 aliphatic rings. The van der Waals surface area contributed by atoms with Gasteiger partial charge in [-0.25, -0.2) is 0 Å². The summed E-state index contributed by atoms with van der Waals surface area (Å²) in [6, 6.07) is 0. The zero-order valence-electron chi connectivity index (χ0n) is 10.5. The van der Waals surface area contributed by atoms with Crippen LogP contribution in [0.3, 0.4) is 0 Å². The van der Waals surface area contributed by atoms with Crippen LogP contribution < -0.4 is 5.32 Å². The standard InChI is InChI=1S/C11H14N4O3S/c1-2-3-8-13-14-11(19-8)12-7(16)6-15-9(17)4-5-10(15)18/h2-6H2,1H3,(H,12,14,16). The van der Waals surface area contributed by atoms with Crippen LogP contribution in [-0.2, 0) is 20.8 Å². The van der Waals surface area contributed by atoms with Crippen LogP contribution in [0.1, 0.15) is 31.2 Å². The number of likely N-dealkylation sites (tertiary alicyclic amines) is 1. The molecule has 7 nitrogen and oxygen atoms in total. The van der Waals surface area contributed by atoms with Gasteiger partial charge in [0.15, 0.2) is 0 Å². The van der Waals surface area contributed by atoms with E-state index in [2.05, 4.69) is 15.5 Å². The molecule has 1 aliphatic heterocycles. The van der Waals surface area contributed by atoms with Gasteiger partial charge in [0.25, 0.3) is 0 Å². The molecule has 1 fully saturated rings. The number of imide groups is 1. The summed E-state index contributed by atoms with van der Waals surface area (Å²) < 4.78 is 0. The second-order valence-corrected chi connectivity index (χ2v) is 5.23. The number of aromatic nitrogens is 2. The van der Waals surface area contributed by atoms with E-state index in [0.717, 1.165) is 22.7 Å². The van der Waals surface area contributed by atoms with Crippen LogP contribution in [0.5, 0.6) is 0 Å². The Hall–Kier alpha value is -1.83. The number of nitrogens with one attached hydrogen (secondary N) is 1. The molecular formula is C11H14N4O3S. The number of aryl methyl sites for hydroxylation is 1. The predicted molar refractivity (Wildman–Crippen MR) is 68.5 cm³/mol. The molecule has 0 aliphatic carbocycles. The maximum atomic E-state index is 11.7. The van der Waals surface area contributed by atoms with Gasteiger partial charge in [-0.2, -0.15) is 0 Å². The Balaban J connectivity index is 1.90. The molecule has 1 aromatic heterocycles. The number of amides is 3. The second-order valence-electron chi connectivity index (χ2n) is 4.17. The molecule has 3 amide bonds. The van der Waals surface area contributed by atoms with Gasteiger partial charge in [-0.3, -0.25) is 24.6 Å². The van der Waals surface area contributed by atoms with E-state index < -0.39 is 5.91 Å². The van der Waals surface area contributed by atoms with E-state index in [1.807, 2.05) is 6.92 Å². The Morgan fingerprint density at radius 2 is 2.00 bits per heavy atom. The van der Waals surface area contributed by atoms with E-state index in [1.54, 1.807) is 0 Å². The summed E-state index contributed by atoms with van der Waals surface area (Å²) in [5.74, 6) is -1.03. The van der Waals surface area contributed by atoms with Crippen molar-refractivity contribution in [2.45, 2.75) is 32.6 Å². The topological polar surface area (TPSA) is 92.3 Å². The van der Waals surface area contributed by atoms with Crippen molar-refractivity contribution < 1.29 is 14.4 Å². The molecule has 2 heterocycles. The summed E-state index contributed by atoms with van der Waals surface area (Å²) in [4.78, 5) is 35.4. The van der Waals surface area contributed by atoms with Crippen molar-refractivity contribution >= 4 is 34.2 Å². The second kappa shape index (κ2) is 5.87. The lowest BCUT2D eigenvalue weighted by molar-refractivity contribution is -0.141. The van der Waals surface area contributed by atoms with Gasteiger partial charge in [-0.05, 0) is 6.42 Å². The van der Waals surface area contributed by atoms with E-state index in [0.29, 0.717) is 5.13 Å². The van der Waals surface area contributed by atoms with Crippen molar-refractivity contribution in [1.82, 2.24) is 15.1 Å². The van der Waals surface area contributed by atoms with E-state index >= 15 is 0 Å². The molecule has 0 radical (unpaired) electrons. The maximum absolute atomic E-state index is 11.7. The van der Waals surface area contributed by atoms with Crippen molar-refractivity contribution in [2.24, 2.45) is 0 Å². The monoisotopic (exact) mass is 282 g/mol. The van der Waals surface area contributed by atoms with Crippen molar-refractivity contribution in [1.29, 1.82) is 0 Å². The highest BCUT2D eigenvalue weighted by Crippen LogP contribution is 2.17. The maximum Gasteiger partial charge on any atom is 0.246 e. The molecule has 0 saturated carbocycles. The molecule has 0 unspecified atom stereocenters. The molecule has 1 saturated heterocycles. The van der Waals surface area contributed by atoms with Crippen molar-refractivity contribution in [3.63, 3.8) is 0 Å². The first-order valence-electron chi connectivity index (χ1n) is 6.05. The van der Waals surface area contributed by atoms with Crippen LogP contribution in [0.25, 0.3) is 0 Å². The van der Waals surface area contributed by atoms with Crippen molar-refractivity contribution in [3.8, 4) is 0 Å². The fourth-order valence-corrected chi connectivity index (χ4v) is 2.58. The van der Waals surface area contributed by atoms with Gasteiger partial charge in [0.05, 0.1) is 0 Å². The molecule has 8 heteroatoms. The van der Waals surface area contributed by atoms with Gasteiger partial charge in [0.2, 0.25) is 22.9 Å². The zero-order chi connectivity index (χ0) is 13.8. The molecule has 19 heavy (non-hydrogen) atoms. The Morgan fingerprint density at radius 1 is 1.32 bits per heavy atom. The Bertz CT molecular complexity index is 498. The highest BCUT2D eigenvalue weighted by Gasteiger charge is 2.30. The van der Waals surface area contributed by atoms with Crippen LogP contribution in [0.4, 0.5) is 5.13 Å². The van der Waals surface area contributed by atoms with Gasteiger partial charge >= 0.3 is 0 Å². The van der Waals surface area contributed by atoms with Crippen LogP contribution in [0, 0.1) is 0 Å². The summed E-state index contributed by atoms with van der Waals surface area (Å²) in [7, 11) is 0. The average molecular weight is 282 g/mol. The summed E-state index contributed by atoms with van der Waals surface area (Å²) in [5.41, 5.74) is 0. The quantitative estimate of drug-likeness (QED) is 0.797. The molecule has 2 rings (SSSR count). The number of hydrogen-bond donors (Lipinski definition) is 1. The highest BCUT2D eigenvalue weighted by molar-refractivity contribution is 7.15. The number of carbonyl (C=O) groups excluding carboxylic acids is 3. The molecular weight excluding hydrogens is 268 g/mol. The van der Waals surface area contributed by atoms with Crippen LogP contribution in [0.15, 0.2) is 0 Å². The summed E-state index contributed by atoms with van der Waals surface area (Å²) in [5, 5.41) is 11.6. The number of hydrogen-bond acceptors (Lipinski definition) is 6.